The molecule has 50 heavy (non-hydrogen) atoms. The van der Waals surface area contributed by atoms with Crippen molar-refractivity contribution in [2.24, 2.45) is 0 Å². The lowest BCUT2D eigenvalue weighted by atomic mass is 9.93. The first kappa shape index (κ1) is 33.9. The van der Waals surface area contributed by atoms with E-state index in [9.17, 15) is 31.1 Å². The van der Waals surface area contributed by atoms with Gasteiger partial charge in [-0.25, -0.2) is 4.98 Å². The lowest BCUT2D eigenvalue weighted by molar-refractivity contribution is -0.141. The maximum absolute atomic E-state index is 12.7. The van der Waals surface area contributed by atoms with Crippen LogP contribution in [0.1, 0.15) is 45.6 Å². The molecule has 15 heteroatoms. The summed E-state index contributed by atoms with van der Waals surface area (Å²) in [5.41, 5.74) is 0.883. The zero-order valence-corrected chi connectivity index (χ0v) is 26.4. The van der Waals surface area contributed by atoms with Gasteiger partial charge in [0.25, 0.3) is 5.91 Å². The van der Waals surface area contributed by atoms with E-state index >= 15 is 0 Å². The van der Waals surface area contributed by atoms with E-state index in [4.69, 9.17) is 9.47 Å². The summed E-state index contributed by atoms with van der Waals surface area (Å²) in [5.74, 6) is -0.253. The number of aromatic nitrogens is 2. The van der Waals surface area contributed by atoms with E-state index in [0.29, 0.717) is 30.2 Å². The molecule has 8 rings (SSSR count). The molecule has 4 aliphatic heterocycles. The van der Waals surface area contributed by atoms with Crippen molar-refractivity contribution in [1.29, 1.82) is 0 Å². The average Bonchev–Trinajstić information content (AvgIpc) is 3.92. The topological polar surface area (TPSA) is 109 Å². The van der Waals surface area contributed by atoms with Crippen LogP contribution in [0.3, 0.4) is 0 Å². The molecule has 4 aliphatic rings. The number of hydrogen-bond donors (Lipinski definition) is 4. The number of ether oxygens (including phenoxy) is 2. The molecule has 4 fully saturated rings. The summed E-state index contributed by atoms with van der Waals surface area (Å²) in [4.78, 5) is 19.3. The fourth-order valence-electron chi connectivity index (χ4n) is 6.71. The SMILES string of the molecule is FC(F)(F)c1ccc(Nc2ccc([C@]34CN[C@H](CO3)C4)cc2)nc1.O=C(Nc1ccc([C@]23CN[C@H](CO2)C3)cc1)c1ccnc(C(F)(F)F)c1. The smallest absolute Gasteiger partial charge is 0.367 e. The summed E-state index contributed by atoms with van der Waals surface area (Å²) in [6.45, 7) is 2.98. The van der Waals surface area contributed by atoms with Gasteiger partial charge in [0, 0.05) is 54.5 Å². The molecule has 0 spiro atoms. The van der Waals surface area contributed by atoms with E-state index in [0.717, 1.165) is 73.9 Å². The van der Waals surface area contributed by atoms with Crippen LogP contribution in [0, 0.1) is 0 Å². The number of carbonyl (C=O) groups is 1. The number of alkyl halides is 6. The van der Waals surface area contributed by atoms with Gasteiger partial charge in [0.1, 0.15) is 22.7 Å². The fourth-order valence-corrected chi connectivity index (χ4v) is 6.71. The quantitative estimate of drug-likeness (QED) is 0.172. The average molecular weight is 699 g/mol. The molecule has 4 N–H and O–H groups in total. The molecule has 4 atom stereocenters. The molecule has 6 heterocycles. The minimum atomic E-state index is -4.59. The van der Waals surface area contributed by atoms with Crippen LogP contribution in [0.5, 0.6) is 0 Å². The Kier molecular flexibility index (Phi) is 8.78. The number of hydrogen-bond acceptors (Lipinski definition) is 8. The van der Waals surface area contributed by atoms with Crippen LogP contribution in [0.2, 0.25) is 0 Å². The Balaban J connectivity index is 0.000000157. The Bertz CT molecular complexity index is 1820. The fraction of sp³-hybridized carbons (Fsp3) is 0.343. The van der Waals surface area contributed by atoms with Gasteiger partial charge in [0.05, 0.1) is 18.8 Å². The Morgan fingerprint density at radius 2 is 1.32 bits per heavy atom. The molecule has 9 nitrogen and oxygen atoms in total. The van der Waals surface area contributed by atoms with Crippen LogP contribution in [0.15, 0.2) is 85.2 Å². The number of fused-ring (bicyclic) bond motifs is 4. The van der Waals surface area contributed by atoms with Crippen LogP contribution in [0.4, 0.5) is 43.5 Å². The molecule has 0 unspecified atom stereocenters. The van der Waals surface area contributed by atoms with Crippen LogP contribution in [0.25, 0.3) is 0 Å². The van der Waals surface area contributed by atoms with Gasteiger partial charge in [-0.15, -0.1) is 0 Å². The summed E-state index contributed by atoms with van der Waals surface area (Å²) >= 11 is 0. The van der Waals surface area contributed by atoms with Crippen molar-refractivity contribution in [2.45, 2.75) is 48.5 Å². The number of nitrogens with one attached hydrogen (secondary N) is 4. The minimum Gasteiger partial charge on any atom is -0.367 e. The van der Waals surface area contributed by atoms with Gasteiger partial charge in [0.15, 0.2) is 0 Å². The van der Waals surface area contributed by atoms with Crippen molar-refractivity contribution >= 4 is 23.1 Å². The maximum Gasteiger partial charge on any atom is 0.433 e. The lowest BCUT2D eigenvalue weighted by Crippen LogP contribution is -2.37. The summed E-state index contributed by atoms with van der Waals surface area (Å²) in [7, 11) is 0. The number of morpholine rings is 2. The van der Waals surface area contributed by atoms with E-state index in [-0.39, 0.29) is 16.8 Å². The van der Waals surface area contributed by atoms with Crippen molar-refractivity contribution < 1.29 is 40.6 Å². The van der Waals surface area contributed by atoms with Crippen LogP contribution in [-0.4, -0.2) is 54.3 Å². The highest BCUT2D eigenvalue weighted by molar-refractivity contribution is 6.04. The number of nitrogens with zero attached hydrogens (tertiary/aromatic N) is 2. The standard InChI is InChI=1S/C18H16F3N3O2.C17H16F3N3O/c19-18(20,21)15-7-11(5-6-22-15)16(25)24-13-3-1-12(2-4-13)17-8-14(9-26-17)23-10-17;18-17(19,20)12-3-6-15(21-8-12)23-13-4-1-11(2-5-13)16-7-14(9-24-16)22-10-16/h1-7,14,23H,8-10H2,(H,24,25);1-6,8,14,22H,7,9-10H2,(H,21,23)/t14-,17-;14-,16-/m00/s1. The molecule has 4 saturated heterocycles. The van der Waals surface area contributed by atoms with Gasteiger partial charge in [-0.05, 0) is 72.5 Å². The highest BCUT2D eigenvalue weighted by Gasteiger charge is 2.48. The van der Waals surface area contributed by atoms with Gasteiger partial charge in [-0.2, -0.15) is 26.3 Å². The largest absolute Gasteiger partial charge is 0.433 e. The molecule has 0 radical (unpaired) electrons. The van der Waals surface area contributed by atoms with Crippen LogP contribution < -0.4 is 21.3 Å². The molecular formula is C35H32F6N6O3. The second-order valence-corrected chi connectivity index (χ2v) is 12.8. The first-order valence-corrected chi connectivity index (χ1v) is 15.9. The molecular weight excluding hydrogens is 666 g/mol. The molecule has 0 aliphatic carbocycles. The van der Waals surface area contributed by atoms with Gasteiger partial charge in [-0.1, -0.05) is 24.3 Å². The van der Waals surface area contributed by atoms with Crippen molar-refractivity contribution in [3.8, 4) is 0 Å². The molecule has 1 amide bonds. The zero-order valence-electron chi connectivity index (χ0n) is 26.4. The number of amides is 1. The van der Waals surface area contributed by atoms with Crippen LogP contribution >= 0.6 is 0 Å². The first-order valence-electron chi connectivity index (χ1n) is 15.9. The number of carbonyl (C=O) groups excluding carboxylic acids is 1. The normalized spacial score (nSPS) is 25.2. The second-order valence-electron chi connectivity index (χ2n) is 12.8. The van der Waals surface area contributed by atoms with Crippen molar-refractivity contribution in [2.75, 3.05) is 36.9 Å². The number of halogens is 6. The molecule has 2 aromatic heterocycles. The second kappa shape index (κ2) is 13.0. The van der Waals surface area contributed by atoms with Gasteiger partial charge < -0.3 is 30.7 Å². The van der Waals surface area contributed by atoms with E-state index in [1.807, 2.05) is 36.4 Å². The number of anilines is 3. The Morgan fingerprint density at radius 1 is 0.740 bits per heavy atom. The van der Waals surface area contributed by atoms with E-state index in [1.165, 1.54) is 12.1 Å². The van der Waals surface area contributed by atoms with Crippen molar-refractivity contribution in [3.05, 3.63) is 113 Å². The predicted octanol–water partition coefficient (Wildman–Crippen LogP) is 6.37. The highest BCUT2D eigenvalue weighted by atomic mass is 19.4. The zero-order chi connectivity index (χ0) is 35.1. The van der Waals surface area contributed by atoms with Gasteiger partial charge in [-0.3, -0.25) is 9.78 Å². The molecule has 0 saturated carbocycles. The Morgan fingerprint density at radius 3 is 1.76 bits per heavy atom. The van der Waals surface area contributed by atoms with Crippen LogP contribution in [-0.2, 0) is 33.0 Å². The first-order chi connectivity index (χ1) is 23.8. The van der Waals surface area contributed by atoms with Gasteiger partial charge in [0.2, 0.25) is 0 Å². The third kappa shape index (κ3) is 7.03. The summed E-state index contributed by atoms with van der Waals surface area (Å²) in [6, 6.07) is 20.1. The highest BCUT2D eigenvalue weighted by Crippen LogP contribution is 2.42. The van der Waals surface area contributed by atoms with Crippen molar-refractivity contribution in [3.63, 3.8) is 0 Å². The minimum absolute atomic E-state index is 0.100. The number of pyridine rings is 2. The number of rotatable bonds is 6. The summed E-state index contributed by atoms with van der Waals surface area (Å²) < 4.78 is 87.6. The van der Waals surface area contributed by atoms with Gasteiger partial charge >= 0.3 is 12.4 Å². The lowest BCUT2D eigenvalue weighted by Gasteiger charge is -2.27. The van der Waals surface area contributed by atoms with E-state index < -0.39 is 29.5 Å². The summed E-state index contributed by atoms with van der Waals surface area (Å²) in [5, 5.41) is 12.4. The molecule has 2 aromatic carbocycles. The summed E-state index contributed by atoms with van der Waals surface area (Å²) in [6.07, 6.45) is -5.28. The van der Waals surface area contributed by atoms with Crippen molar-refractivity contribution in [1.82, 2.24) is 20.6 Å². The Labute approximate surface area is 282 Å². The molecule has 4 aromatic rings. The third-order valence-corrected chi connectivity index (χ3v) is 9.38. The Hall–Kier alpha value is -4.57. The molecule has 262 valence electrons. The molecule has 4 bridgehead atoms. The van der Waals surface area contributed by atoms with E-state index in [1.54, 1.807) is 12.1 Å². The monoisotopic (exact) mass is 698 g/mol. The number of benzene rings is 2. The predicted molar refractivity (Wildman–Crippen MR) is 171 cm³/mol. The third-order valence-electron chi connectivity index (χ3n) is 9.38. The maximum atomic E-state index is 12.7. The van der Waals surface area contributed by atoms with E-state index in [2.05, 4.69) is 31.2 Å².